The number of unbranched alkanes of at least 4 members (excludes halogenated alkanes) is 33. The van der Waals surface area contributed by atoms with Gasteiger partial charge in [-0.05, 0) is 83.5 Å². The first-order valence-corrected chi connectivity index (χ1v) is 32.1. The van der Waals surface area contributed by atoms with Crippen molar-refractivity contribution in [2.45, 2.75) is 322 Å². The van der Waals surface area contributed by atoms with Gasteiger partial charge >= 0.3 is 17.9 Å². The maximum Gasteiger partial charge on any atom is 0.306 e. The molecule has 0 saturated carbocycles. The molecule has 432 valence electrons. The quantitative estimate of drug-likeness (QED) is 0.0261. The monoisotopic (exact) mass is 1040 g/mol. The van der Waals surface area contributed by atoms with Crippen LogP contribution in [0.2, 0.25) is 0 Å². The molecule has 1 atom stereocenters. The van der Waals surface area contributed by atoms with Gasteiger partial charge in [-0.15, -0.1) is 0 Å². The van der Waals surface area contributed by atoms with Crippen molar-refractivity contribution in [3.05, 3.63) is 85.1 Å². The average molecular weight is 1050 g/mol. The Morgan fingerprint density at radius 3 is 0.893 bits per heavy atom. The Labute approximate surface area is 465 Å². The molecular weight excluding hydrogens is 925 g/mol. The molecule has 6 nitrogen and oxygen atoms in total. The van der Waals surface area contributed by atoms with Crippen LogP contribution in [0.25, 0.3) is 0 Å². The normalized spacial score (nSPS) is 12.6. The van der Waals surface area contributed by atoms with E-state index in [1.807, 2.05) is 6.08 Å². The zero-order valence-electron chi connectivity index (χ0n) is 49.6. The molecule has 0 aliphatic carbocycles. The predicted molar refractivity (Wildman–Crippen MR) is 325 cm³/mol. The lowest BCUT2D eigenvalue weighted by Crippen LogP contribution is -2.30. The van der Waals surface area contributed by atoms with Crippen LogP contribution in [0.1, 0.15) is 316 Å². The largest absolute Gasteiger partial charge is 0.462 e. The van der Waals surface area contributed by atoms with E-state index in [9.17, 15) is 14.4 Å². The molecule has 0 rings (SSSR count). The molecule has 0 aromatic heterocycles. The molecule has 0 heterocycles. The van der Waals surface area contributed by atoms with Crippen molar-refractivity contribution in [2.24, 2.45) is 0 Å². The summed E-state index contributed by atoms with van der Waals surface area (Å²) in [6.45, 7) is 6.50. The van der Waals surface area contributed by atoms with Crippen LogP contribution in [0.4, 0.5) is 0 Å². The van der Waals surface area contributed by atoms with E-state index in [1.54, 1.807) is 0 Å². The van der Waals surface area contributed by atoms with Gasteiger partial charge in [0.05, 0.1) is 0 Å². The Morgan fingerprint density at radius 1 is 0.280 bits per heavy atom. The van der Waals surface area contributed by atoms with Gasteiger partial charge in [0.25, 0.3) is 0 Å². The van der Waals surface area contributed by atoms with Crippen LogP contribution in [0.5, 0.6) is 0 Å². The molecule has 0 bridgehead atoms. The summed E-state index contributed by atoms with van der Waals surface area (Å²) < 4.78 is 16.9. The molecule has 0 unspecified atom stereocenters. The Kier molecular flexibility index (Phi) is 60.3. The van der Waals surface area contributed by atoms with Crippen molar-refractivity contribution in [3.8, 4) is 0 Å². The van der Waals surface area contributed by atoms with E-state index in [0.29, 0.717) is 19.3 Å². The summed E-state index contributed by atoms with van der Waals surface area (Å²) >= 11 is 0. The van der Waals surface area contributed by atoms with E-state index in [1.165, 1.54) is 193 Å². The third-order valence-corrected chi connectivity index (χ3v) is 13.9. The standard InChI is InChI=1S/C69H120O6/c1-4-7-10-13-16-19-22-25-28-31-33-34-36-39-41-44-47-50-53-56-59-62-68(71)74-65-66(75-69(72)63-60-57-54-51-48-45-42-37-30-27-24-21-18-15-12-9-6-3)64-73-67(70)61-58-55-52-49-46-43-40-38-35-32-29-26-23-20-17-14-11-8-5-2/h8,11,17,20,25-26,28-29,35,38,43,46,52,55,66H,4-7,9-10,12-16,18-19,21-24,27,30-34,36-37,39-42,44-45,47-51,53-54,56-65H2,1-3H3/b11-8-,20-17-,28-25-,29-26-,38-35-,46-43-,55-52-/t66-/m1/s1. The number of allylic oxidation sites excluding steroid dienone is 14. The third kappa shape index (κ3) is 61.3. The topological polar surface area (TPSA) is 78.9 Å². The van der Waals surface area contributed by atoms with Crippen molar-refractivity contribution in [3.63, 3.8) is 0 Å². The smallest absolute Gasteiger partial charge is 0.306 e. The summed E-state index contributed by atoms with van der Waals surface area (Å²) in [5.74, 6) is -0.971. The number of esters is 3. The number of carbonyl (C=O) groups excluding carboxylic acids is 3. The molecule has 0 aromatic carbocycles. The van der Waals surface area contributed by atoms with Crippen LogP contribution >= 0.6 is 0 Å². The van der Waals surface area contributed by atoms with Crippen LogP contribution in [0.15, 0.2) is 85.1 Å². The third-order valence-electron chi connectivity index (χ3n) is 13.9. The van der Waals surface area contributed by atoms with Crippen molar-refractivity contribution < 1.29 is 28.6 Å². The number of hydrogen-bond donors (Lipinski definition) is 0. The van der Waals surface area contributed by atoms with Gasteiger partial charge in [0, 0.05) is 19.3 Å². The zero-order valence-corrected chi connectivity index (χ0v) is 49.6. The van der Waals surface area contributed by atoms with E-state index >= 15 is 0 Å². The van der Waals surface area contributed by atoms with Gasteiger partial charge in [0.1, 0.15) is 13.2 Å². The molecule has 0 aliphatic rings. The van der Waals surface area contributed by atoms with E-state index in [2.05, 4.69) is 99.8 Å². The highest BCUT2D eigenvalue weighted by molar-refractivity contribution is 5.71. The van der Waals surface area contributed by atoms with Crippen molar-refractivity contribution in [2.75, 3.05) is 13.2 Å². The lowest BCUT2D eigenvalue weighted by atomic mass is 10.0. The maximum absolute atomic E-state index is 12.9. The van der Waals surface area contributed by atoms with Crippen LogP contribution in [-0.4, -0.2) is 37.2 Å². The number of rotatable bonds is 58. The SMILES string of the molecule is CC/C=C\C/C=C\C/C=C\C/C=C\C/C=C\C/C=C\CCC(=O)OC[C@H](COC(=O)CCCCCCCCCCCCC/C=C\CCCCCCCC)OC(=O)CCCCCCCCCCCCCCCCCCC. The minimum Gasteiger partial charge on any atom is -0.462 e. The molecule has 6 heteroatoms. The van der Waals surface area contributed by atoms with Crippen molar-refractivity contribution >= 4 is 17.9 Å². The predicted octanol–water partition coefficient (Wildman–Crippen LogP) is 21.9. The first kappa shape index (κ1) is 71.6. The molecule has 0 aliphatic heterocycles. The minimum atomic E-state index is -0.807. The summed E-state index contributed by atoms with van der Waals surface area (Å²) in [5.41, 5.74) is 0. The Bertz CT molecular complexity index is 1430. The number of carbonyl (C=O) groups is 3. The second kappa shape index (κ2) is 63.1. The summed E-state index contributed by atoms with van der Waals surface area (Å²) in [5, 5.41) is 0. The van der Waals surface area contributed by atoms with Crippen molar-refractivity contribution in [1.29, 1.82) is 0 Å². The fourth-order valence-corrected chi connectivity index (χ4v) is 9.11. The first-order chi connectivity index (χ1) is 37.0. The molecule has 0 radical (unpaired) electrons. The zero-order chi connectivity index (χ0) is 54.3. The maximum atomic E-state index is 12.9. The molecule has 75 heavy (non-hydrogen) atoms. The second-order valence-corrected chi connectivity index (χ2v) is 21.3. The highest BCUT2D eigenvalue weighted by atomic mass is 16.6. The Balaban J connectivity index is 4.44. The van der Waals surface area contributed by atoms with Gasteiger partial charge in [0.2, 0.25) is 0 Å². The molecule has 0 spiro atoms. The van der Waals surface area contributed by atoms with Gasteiger partial charge in [0.15, 0.2) is 6.10 Å². The lowest BCUT2D eigenvalue weighted by molar-refractivity contribution is -0.166. The fraction of sp³-hybridized carbons (Fsp3) is 0.754. The fourth-order valence-electron chi connectivity index (χ4n) is 9.11. The van der Waals surface area contributed by atoms with Gasteiger partial charge in [-0.25, -0.2) is 0 Å². The minimum absolute atomic E-state index is 0.0972. The summed E-state index contributed by atoms with van der Waals surface area (Å²) in [4.78, 5) is 38.3. The molecule has 0 fully saturated rings. The van der Waals surface area contributed by atoms with Crippen LogP contribution < -0.4 is 0 Å². The molecule has 0 amide bonds. The van der Waals surface area contributed by atoms with Gasteiger partial charge < -0.3 is 14.2 Å². The Morgan fingerprint density at radius 2 is 0.547 bits per heavy atom. The summed E-state index contributed by atoms with van der Waals surface area (Å²) in [6, 6.07) is 0. The molecule has 0 N–H and O–H groups in total. The molecule has 0 saturated heterocycles. The van der Waals surface area contributed by atoms with Crippen LogP contribution in [0, 0.1) is 0 Å². The number of ether oxygens (including phenoxy) is 3. The molecular formula is C69H120O6. The lowest BCUT2D eigenvalue weighted by Gasteiger charge is -2.18. The van der Waals surface area contributed by atoms with Crippen LogP contribution in [0.3, 0.4) is 0 Å². The highest BCUT2D eigenvalue weighted by Crippen LogP contribution is 2.17. The van der Waals surface area contributed by atoms with E-state index in [-0.39, 0.29) is 37.5 Å². The molecule has 0 aromatic rings. The summed E-state index contributed by atoms with van der Waals surface area (Å²) in [6.07, 6.45) is 83.1. The van der Waals surface area contributed by atoms with Gasteiger partial charge in [-0.3, -0.25) is 14.4 Å². The second-order valence-electron chi connectivity index (χ2n) is 21.3. The van der Waals surface area contributed by atoms with E-state index < -0.39 is 6.10 Å². The van der Waals surface area contributed by atoms with Crippen LogP contribution in [-0.2, 0) is 28.6 Å². The van der Waals surface area contributed by atoms with E-state index in [0.717, 1.165) is 77.0 Å². The van der Waals surface area contributed by atoms with Gasteiger partial charge in [-0.1, -0.05) is 298 Å². The van der Waals surface area contributed by atoms with Gasteiger partial charge in [-0.2, -0.15) is 0 Å². The number of hydrogen-bond acceptors (Lipinski definition) is 6. The Hall–Kier alpha value is -3.41. The summed E-state index contributed by atoms with van der Waals surface area (Å²) in [7, 11) is 0. The average Bonchev–Trinajstić information content (AvgIpc) is 3.41. The first-order valence-electron chi connectivity index (χ1n) is 32.1. The highest BCUT2D eigenvalue weighted by Gasteiger charge is 2.19. The van der Waals surface area contributed by atoms with Crippen molar-refractivity contribution in [1.82, 2.24) is 0 Å². The van der Waals surface area contributed by atoms with E-state index in [4.69, 9.17) is 14.2 Å².